The number of fused-ring (bicyclic) bond motifs is 1. The summed E-state index contributed by atoms with van der Waals surface area (Å²) in [7, 11) is 1.91. The maximum atomic E-state index is 11.1. The molecule has 0 aromatic carbocycles. The standard InChI is InChI=1S/C12H16N4O2/c1-15-10(8-5-3-2-4-6-8)14-16-9(11(17)18)7-13-12(15)16/h7-8H,2-6H2,1H3,(H,17,18). The van der Waals surface area contributed by atoms with Crippen molar-refractivity contribution >= 4 is 11.7 Å². The van der Waals surface area contributed by atoms with E-state index in [1.54, 1.807) is 0 Å². The lowest BCUT2D eigenvalue weighted by Crippen LogP contribution is -2.10. The van der Waals surface area contributed by atoms with Gasteiger partial charge in [0.25, 0.3) is 0 Å². The van der Waals surface area contributed by atoms with E-state index < -0.39 is 5.97 Å². The molecule has 0 atom stereocenters. The molecule has 2 aromatic heterocycles. The van der Waals surface area contributed by atoms with Crippen LogP contribution in [0.2, 0.25) is 0 Å². The first-order valence-electron chi connectivity index (χ1n) is 6.32. The molecular formula is C12H16N4O2. The fraction of sp³-hybridized carbons (Fsp3) is 0.583. The third-order valence-electron chi connectivity index (χ3n) is 3.76. The van der Waals surface area contributed by atoms with Crippen LogP contribution in [0.25, 0.3) is 5.78 Å². The second kappa shape index (κ2) is 4.12. The zero-order valence-corrected chi connectivity index (χ0v) is 10.3. The SMILES string of the molecule is Cn1c(C2CCCCC2)nn2c(C(=O)O)cnc12. The van der Waals surface area contributed by atoms with Crippen LogP contribution in [0.15, 0.2) is 6.20 Å². The van der Waals surface area contributed by atoms with Gasteiger partial charge in [-0.2, -0.15) is 9.61 Å². The Hall–Kier alpha value is -1.85. The lowest BCUT2D eigenvalue weighted by Gasteiger charge is -2.20. The first-order chi connectivity index (χ1) is 8.68. The average Bonchev–Trinajstić information content (AvgIpc) is 2.91. The fourth-order valence-electron chi connectivity index (χ4n) is 2.80. The Bertz CT molecular complexity index is 593. The molecule has 0 spiro atoms. The molecule has 1 aliphatic rings. The second-order valence-corrected chi connectivity index (χ2v) is 4.91. The summed E-state index contributed by atoms with van der Waals surface area (Å²) in [6, 6.07) is 0. The minimum Gasteiger partial charge on any atom is -0.476 e. The van der Waals surface area contributed by atoms with E-state index in [2.05, 4.69) is 10.1 Å². The molecular weight excluding hydrogens is 232 g/mol. The van der Waals surface area contributed by atoms with Crippen molar-refractivity contribution in [2.45, 2.75) is 38.0 Å². The van der Waals surface area contributed by atoms with Crippen LogP contribution in [0.1, 0.15) is 54.3 Å². The molecule has 3 rings (SSSR count). The van der Waals surface area contributed by atoms with Gasteiger partial charge in [0.15, 0.2) is 5.69 Å². The average molecular weight is 248 g/mol. The van der Waals surface area contributed by atoms with E-state index in [0.717, 1.165) is 18.7 Å². The quantitative estimate of drug-likeness (QED) is 0.879. The predicted molar refractivity (Wildman–Crippen MR) is 64.7 cm³/mol. The number of rotatable bonds is 2. The molecule has 2 aromatic rings. The summed E-state index contributed by atoms with van der Waals surface area (Å²) in [5, 5.41) is 13.5. The van der Waals surface area contributed by atoms with Crippen molar-refractivity contribution in [2.75, 3.05) is 0 Å². The molecule has 6 nitrogen and oxygen atoms in total. The number of aromatic nitrogens is 4. The van der Waals surface area contributed by atoms with Gasteiger partial charge in [-0.05, 0) is 12.8 Å². The number of aryl methyl sites for hydroxylation is 1. The Morgan fingerprint density at radius 1 is 1.39 bits per heavy atom. The molecule has 6 heteroatoms. The van der Waals surface area contributed by atoms with E-state index in [-0.39, 0.29) is 5.69 Å². The summed E-state index contributed by atoms with van der Waals surface area (Å²) in [6.45, 7) is 0. The maximum Gasteiger partial charge on any atom is 0.356 e. The number of carboxylic acid groups (broad SMARTS) is 1. The van der Waals surface area contributed by atoms with Gasteiger partial charge < -0.3 is 5.11 Å². The van der Waals surface area contributed by atoms with Crippen molar-refractivity contribution in [1.82, 2.24) is 19.2 Å². The molecule has 0 saturated heterocycles. The van der Waals surface area contributed by atoms with Crippen molar-refractivity contribution in [3.05, 3.63) is 17.7 Å². The minimum atomic E-state index is -0.990. The normalized spacial score (nSPS) is 17.4. The van der Waals surface area contributed by atoms with Crippen LogP contribution in [0, 0.1) is 0 Å². The van der Waals surface area contributed by atoms with Crippen LogP contribution < -0.4 is 0 Å². The molecule has 0 radical (unpaired) electrons. The summed E-state index contributed by atoms with van der Waals surface area (Å²) in [6.07, 6.45) is 7.37. The highest BCUT2D eigenvalue weighted by Gasteiger charge is 2.24. The molecule has 0 amide bonds. The second-order valence-electron chi connectivity index (χ2n) is 4.91. The number of nitrogens with zero attached hydrogens (tertiary/aromatic N) is 4. The maximum absolute atomic E-state index is 11.1. The van der Waals surface area contributed by atoms with Crippen molar-refractivity contribution in [2.24, 2.45) is 7.05 Å². The Balaban J connectivity index is 2.07. The van der Waals surface area contributed by atoms with E-state index in [9.17, 15) is 4.79 Å². The molecule has 0 aliphatic heterocycles. The highest BCUT2D eigenvalue weighted by molar-refractivity contribution is 5.86. The van der Waals surface area contributed by atoms with Crippen LogP contribution in [0.5, 0.6) is 0 Å². The Labute approximate surface area is 104 Å². The summed E-state index contributed by atoms with van der Waals surface area (Å²) in [4.78, 5) is 15.2. The molecule has 1 saturated carbocycles. The lowest BCUT2D eigenvalue weighted by molar-refractivity contribution is 0.0688. The molecule has 2 heterocycles. The van der Waals surface area contributed by atoms with Crippen molar-refractivity contribution in [3.8, 4) is 0 Å². The van der Waals surface area contributed by atoms with E-state index in [1.807, 2.05) is 11.6 Å². The van der Waals surface area contributed by atoms with Crippen LogP contribution in [0.3, 0.4) is 0 Å². The summed E-state index contributed by atoms with van der Waals surface area (Å²) >= 11 is 0. The van der Waals surface area contributed by atoms with Crippen molar-refractivity contribution in [1.29, 1.82) is 0 Å². The van der Waals surface area contributed by atoms with E-state index in [1.165, 1.54) is 30.0 Å². The Morgan fingerprint density at radius 3 is 2.78 bits per heavy atom. The minimum absolute atomic E-state index is 0.127. The Kier molecular flexibility index (Phi) is 2.57. The van der Waals surface area contributed by atoms with E-state index in [4.69, 9.17) is 5.11 Å². The first kappa shape index (κ1) is 11.3. The number of hydrogen-bond acceptors (Lipinski definition) is 3. The number of hydrogen-bond donors (Lipinski definition) is 1. The number of carboxylic acids is 1. The van der Waals surface area contributed by atoms with Gasteiger partial charge in [0, 0.05) is 13.0 Å². The lowest BCUT2D eigenvalue weighted by atomic mass is 9.89. The molecule has 96 valence electrons. The molecule has 0 bridgehead atoms. The van der Waals surface area contributed by atoms with Gasteiger partial charge in [-0.3, -0.25) is 4.57 Å². The van der Waals surface area contributed by atoms with E-state index >= 15 is 0 Å². The van der Waals surface area contributed by atoms with Crippen molar-refractivity contribution in [3.63, 3.8) is 0 Å². The molecule has 1 fully saturated rings. The van der Waals surface area contributed by atoms with Gasteiger partial charge in [0.05, 0.1) is 6.20 Å². The van der Waals surface area contributed by atoms with Crippen LogP contribution in [0.4, 0.5) is 0 Å². The summed E-state index contributed by atoms with van der Waals surface area (Å²) in [5.74, 6) is 1.01. The number of carbonyl (C=O) groups is 1. The molecule has 18 heavy (non-hydrogen) atoms. The van der Waals surface area contributed by atoms with Gasteiger partial charge in [-0.15, -0.1) is 0 Å². The number of imidazole rings is 1. The fourth-order valence-corrected chi connectivity index (χ4v) is 2.80. The van der Waals surface area contributed by atoms with Crippen molar-refractivity contribution < 1.29 is 9.90 Å². The van der Waals surface area contributed by atoms with Gasteiger partial charge in [0.1, 0.15) is 5.82 Å². The first-order valence-corrected chi connectivity index (χ1v) is 6.32. The van der Waals surface area contributed by atoms with Crippen LogP contribution in [-0.4, -0.2) is 30.2 Å². The van der Waals surface area contributed by atoms with Gasteiger partial charge in [-0.25, -0.2) is 9.78 Å². The highest BCUT2D eigenvalue weighted by atomic mass is 16.4. The van der Waals surface area contributed by atoms with E-state index in [0.29, 0.717) is 11.7 Å². The topological polar surface area (TPSA) is 72.4 Å². The highest BCUT2D eigenvalue weighted by Crippen LogP contribution is 2.32. The monoisotopic (exact) mass is 248 g/mol. The van der Waals surface area contributed by atoms with Crippen LogP contribution in [-0.2, 0) is 7.05 Å². The summed E-state index contributed by atoms with van der Waals surface area (Å²) < 4.78 is 3.36. The van der Waals surface area contributed by atoms with Gasteiger partial charge in [0.2, 0.25) is 5.78 Å². The smallest absolute Gasteiger partial charge is 0.356 e. The molecule has 0 unspecified atom stereocenters. The molecule has 1 N–H and O–H groups in total. The number of aromatic carboxylic acids is 1. The molecule has 1 aliphatic carbocycles. The zero-order chi connectivity index (χ0) is 12.7. The van der Waals surface area contributed by atoms with Crippen LogP contribution >= 0.6 is 0 Å². The Morgan fingerprint density at radius 2 is 2.11 bits per heavy atom. The largest absolute Gasteiger partial charge is 0.476 e. The predicted octanol–water partition coefficient (Wildman–Crippen LogP) is 1.81. The summed E-state index contributed by atoms with van der Waals surface area (Å²) in [5.41, 5.74) is 0.127. The zero-order valence-electron chi connectivity index (χ0n) is 10.3. The van der Waals surface area contributed by atoms with Gasteiger partial charge >= 0.3 is 5.97 Å². The third-order valence-corrected chi connectivity index (χ3v) is 3.76. The third kappa shape index (κ3) is 1.60. The van der Waals surface area contributed by atoms with Gasteiger partial charge in [-0.1, -0.05) is 19.3 Å².